The lowest BCUT2D eigenvalue weighted by atomic mass is 10.3. The van der Waals surface area contributed by atoms with E-state index in [9.17, 15) is 4.79 Å². The molecule has 2 N–H and O–H groups in total. The molecule has 0 unspecified atom stereocenters. The molecule has 0 saturated carbocycles. The second-order valence-corrected chi connectivity index (χ2v) is 6.67. The highest BCUT2D eigenvalue weighted by Gasteiger charge is 2.08. The summed E-state index contributed by atoms with van der Waals surface area (Å²) in [4.78, 5) is 13.0. The maximum atomic E-state index is 11.9. The topological polar surface area (TPSA) is 66.9 Å². The molecule has 0 atom stereocenters. The van der Waals surface area contributed by atoms with E-state index in [4.69, 9.17) is 0 Å². The third-order valence-electron chi connectivity index (χ3n) is 2.51. The molecule has 0 aliphatic rings. The maximum absolute atomic E-state index is 11.9. The number of halogens is 1. The Morgan fingerprint density at radius 1 is 1.30 bits per heavy atom. The second kappa shape index (κ2) is 7.35. The van der Waals surface area contributed by atoms with Gasteiger partial charge in [-0.3, -0.25) is 4.79 Å². The summed E-state index contributed by atoms with van der Waals surface area (Å²) >= 11 is 4.98. The maximum Gasteiger partial charge on any atom is 0.272 e. The van der Waals surface area contributed by atoms with Gasteiger partial charge in [-0.25, -0.2) is 0 Å². The van der Waals surface area contributed by atoms with Gasteiger partial charge < -0.3 is 10.6 Å². The number of carbonyl (C=O) groups is 1. The molecule has 2 aromatic rings. The minimum Gasteiger partial charge on any atom is -0.369 e. The zero-order valence-electron chi connectivity index (χ0n) is 11.0. The van der Waals surface area contributed by atoms with Gasteiger partial charge >= 0.3 is 0 Å². The number of rotatable bonds is 6. The molecular weight excluding hydrogens is 340 g/mol. The zero-order chi connectivity index (χ0) is 14.4. The number of aromatic nitrogens is 2. The lowest BCUT2D eigenvalue weighted by molar-refractivity contribution is 0.0945. The van der Waals surface area contributed by atoms with E-state index < -0.39 is 0 Å². The standard InChI is InChI=1S/C13H15BrN4OS/c1-2-7-15-12-6-4-10(17-18-12)13(19)16-8-9-3-5-11(14)20-9/h3-6H,2,7-8H2,1H3,(H,15,18)(H,16,19). The van der Waals surface area contributed by atoms with Crippen molar-refractivity contribution in [1.82, 2.24) is 15.5 Å². The van der Waals surface area contributed by atoms with Crippen molar-refractivity contribution in [2.45, 2.75) is 19.9 Å². The first kappa shape index (κ1) is 14.9. The fourth-order valence-corrected chi connectivity index (χ4v) is 2.93. The van der Waals surface area contributed by atoms with Gasteiger partial charge in [-0.2, -0.15) is 0 Å². The van der Waals surface area contributed by atoms with Gasteiger partial charge in [-0.1, -0.05) is 6.92 Å². The van der Waals surface area contributed by atoms with Gasteiger partial charge in [0.2, 0.25) is 0 Å². The normalized spacial score (nSPS) is 10.3. The molecule has 0 spiro atoms. The van der Waals surface area contributed by atoms with Gasteiger partial charge in [-0.15, -0.1) is 21.5 Å². The van der Waals surface area contributed by atoms with Crippen LogP contribution in [-0.2, 0) is 6.54 Å². The molecule has 7 heteroatoms. The molecule has 0 aliphatic heterocycles. The molecular formula is C13H15BrN4OS. The molecule has 0 bridgehead atoms. The van der Waals surface area contributed by atoms with Crippen molar-refractivity contribution in [1.29, 1.82) is 0 Å². The van der Waals surface area contributed by atoms with Gasteiger partial charge in [0.1, 0.15) is 5.82 Å². The van der Waals surface area contributed by atoms with E-state index in [2.05, 4.69) is 43.7 Å². The van der Waals surface area contributed by atoms with Crippen LogP contribution in [0.1, 0.15) is 28.7 Å². The Balaban J connectivity index is 1.88. The van der Waals surface area contributed by atoms with Gasteiger partial charge in [-0.05, 0) is 46.6 Å². The molecule has 0 radical (unpaired) electrons. The van der Waals surface area contributed by atoms with Gasteiger partial charge in [0.05, 0.1) is 10.3 Å². The van der Waals surface area contributed by atoms with Crippen molar-refractivity contribution < 1.29 is 4.79 Å². The lowest BCUT2D eigenvalue weighted by Crippen LogP contribution is -2.23. The van der Waals surface area contributed by atoms with Crippen LogP contribution in [0.3, 0.4) is 0 Å². The van der Waals surface area contributed by atoms with E-state index in [0.29, 0.717) is 18.1 Å². The number of anilines is 1. The monoisotopic (exact) mass is 354 g/mol. The third kappa shape index (κ3) is 4.28. The van der Waals surface area contributed by atoms with Crippen molar-refractivity contribution in [3.8, 4) is 0 Å². The average molecular weight is 355 g/mol. The number of carbonyl (C=O) groups excluding carboxylic acids is 1. The number of hydrogen-bond acceptors (Lipinski definition) is 5. The highest BCUT2D eigenvalue weighted by molar-refractivity contribution is 9.11. The summed E-state index contributed by atoms with van der Waals surface area (Å²) in [6.07, 6.45) is 1.01. The predicted molar refractivity (Wildman–Crippen MR) is 84.0 cm³/mol. The number of hydrogen-bond donors (Lipinski definition) is 2. The number of nitrogens with one attached hydrogen (secondary N) is 2. The smallest absolute Gasteiger partial charge is 0.272 e. The Bertz CT molecular complexity index is 570. The van der Waals surface area contributed by atoms with Crippen molar-refractivity contribution in [2.24, 2.45) is 0 Å². The van der Waals surface area contributed by atoms with Gasteiger partial charge in [0.25, 0.3) is 5.91 Å². The Morgan fingerprint density at radius 3 is 2.75 bits per heavy atom. The van der Waals surface area contributed by atoms with Crippen LogP contribution in [0.15, 0.2) is 28.1 Å². The van der Waals surface area contributed by atoms with Crippen LogP contribution >= 0.6 is 27.3 Å². The molecule has 0 fully saturated rings. The molecule has 5 nitrogen and oxygen atoms in total. The average Bonchev–Trinajstić information content (AvgIpc) is 2.89. The summed E-state index contributed by atoms with van der Waals surface area (Å²) in [5.74, 6) is 0.467. The van der Waals surface area contributed by atoms with E-state index in [1.807, 2.05) is 12.1 Å². The van der Waals surface area contributed by atoms with Crippen LogP contribution in [0.25, 0.3) is 0 Å². The number of amides is 1. The van der Waals surface area contributed by atoms with Crippen molar-refractivity contribution in [3.05, 3.63) is 38.6 Å². The Labute approximate surface area is 129 Å². The number of thiophene rings is 1. The first-order valence-corrected chi connectivity index (χ1v) is 7.90. The van der Waals surface area contributed by atoms with E-state index >= 15 is 0 Å². The highest BCUT2D eigenvalue weighted by Crippen LogP contribution is 2.21. The molecule has 20 heavy (non-hydrogen) atoms. The molecule has 1 amide bonds. The third-order valence-corrected chi connectivity index (χ3v) is 4.13. The number of nitrogens with zero attached hydrogens (tertiary/aromatic N) is 2. The predicted octanol–water partition coefficient (Wildman–Crippen LogP) is 3.05. The van der Waals surface area contributed by atoms with Crippen molar-refractivity contribution >= 4 is 39.0 Å². The summed E-state index contributed by atoms with van der Waals surface area (Å²) in [5, 5.41) is 13.8. The van der Waals surface area contributed by atoms with Crippen LogP contribution < -0.4 is 10.6 Å². The van der Waals surface area contributed by atoms with Gasteiger partial charge in [0.15, 0.2) is 5.69 Å². The van der Waals surface area contributed by atoms with Crippen LogP contribution in [0, 0.1) is 0 Å². The fraction of sp³-hybridized carbons (Fsp3) is 0.308. The van der Waals surface area contributed by atoms with E-state index in [1.54, 1.807) is 23.5 Å². The lowest BCUT2D eigenvalue weighted by Gasteiger charge is -2.04. The summed E-state index contributed by atoms with van der Waals surface area (Å²) in [6, 6.07) is 7.36. The molecule has 106 valence electrons. The van der Waals surface area contributed by atoms with Gasteiger partial charge in [0, 0.05) is 11.4 Å². The minimum absolute atomic E-state index is 0.218. The summed E-state index contributed by atoms with van der Waals surface area (Å²) in [7, 11) is 0. The molecule has 2 aromatic heterocycles. The molecule has 0 saturated heterocycles. The Hall–Kier alpha value is -1.47. The van der Waals surface area contributed by atoms with E-state index in [0.717, 1.165) is 21.6 Å². The minimum atomic E-state index is -0.218. The second-order valence-electron chi connectivity index (χ2n) is 4.12. The largest absolute Gasteiger partial charge is 0.369 e. The fourth-order valence-electron chi connectivity index (χ4n) is 1.51. The molecule has 2 heterocycles. The Kier molecular flexibility index (Phi) is 5.49. The molecule has 0 aromatic carbocycles. The van der Waals surface area contributed by atoms with Crippen LogP contribution in [0.4, 0.5) is 5.82 Å². The molecule has 0 aliphatic carbocycles. The van der Waals surface area contributed by atoms with Crippen molar-refractivity contribution in [2.75, 3.05) is 11.9 Å². The first-order chi connectivity index (χ1) is 9.69. The van der Waals surface area contributed by atoms with Crippen LogP contribution in [-0.4, -0.2) is 22.6 Å². The Morgan fingerprint density at radius 2 is 2.15 bits per heavy atom. The quantitative estimate of drug-likeness (QED) is 0.836. The highest BCUT2D eigenvalue weighted by atomic mass is 79.9. The summed E-state index contributed by atoms with van der Waals surface area (Å²) in [6.45, 7) is 3.41. The van der Waals surface area contributed by atoms with E-state index in [1.165, 1.54) is 0 Å². The van der Waals surface area contributed by atoms with Crippen molar-refractivity contribution in [3.63, 3.8) is 0 Å². The zero-order valence-corrected chi connectivity index (χ0v) is 13.4. The molecule has 2 rings (SSSR count). The SMILES string of the molecule is CCCNc1ccc(C(=O)NCc2ccc(Br)s2)nn1. The summed E-state index contributed by atoms with van der Waals surface area (Å²) < 4.78 is 1.05. The van der Waals surface area contributed by atoms with E-state index in [-0.39, 0.29) is 5.91 Å². The summed E-state index contributed by atoms with van der Waals surface area (Å²) in [5.41, 5.74) is 0.322. The van der Waals surface area contributed by atoms with Crippen LogP contribution in [0.2, 0.25) is 0 Å². The van der Waals surface area contributed by atoms with Crippen LogP contribution in [0.5, 0.6) is 0 Å². The first-order valence-electron chi connectivity index (χ1n) is 6.29.